The molecule has 1 aliphatic heterocycles. The van der Waals surface area contributed by atoms with Crippen molar-refractivity contribution in [1.82, 2.24) is 0 Å². The number of halogens is 2. The van der Waals surface area contributed by atoms with Crippen molar-refractivity contribution in [2.24, 2.45) is 16.6 Å². The molecule has 2 N–H and O–H groups in total. The van der Waals surface area contributed by atoms with Crippen LogP contribution in [0.25, 0.3) is 0 Å². The van der Waals surface area contributed by atoms with E-state index >= 15 is 0 Å². The number of hydrogen-bond donors (Lipinski definition) is 1. The second-order valence-electron chi connectivity index (χ2n) is 8.15. The maximum absolute atomic E-state index is 12.1. The van der Waals surface area contributed by atoms with Gasteiger partial charge in [0.1, 0.15) is 5.78 Å². The smallest absolute Gasteiger partial charge is 0.130 e. The Morgan fingerprint density at radius 1 is 1.13 bits per heavy atom. The van der Waals surface area contributed by atoms with Crippen LogP contribution in [-0.2, 0) is 10.2 Å². The normalized spacial score (nSPS) is 16.1. The molecule has 0 radical (unpaired) electrons. The summed E-state index contributed by atoms with van der Waals surface area (Å²) in [4.78, 5) is 18.5. The van der Waals surface area contributed by atoms with Crippen molar-refractivity contribution in [1.29, 1.82) is 0 Å². The van der Waals surface area contributed by atoms with E-state index in [4.69, 9.17) is 28.9 Å². The van der Waals surface area contributed by atoms with Gasteiger partial charge in [0.2, 0.25) is 0 Å². The lowest BCUT2D eigenvalue weighted by molar-refractivity contribution is -0.118. The first-order valence-corrected chi connectivity index (χ1v) is 11.1. The van der Waals surface area contributed by atoms with Crippen molar-refractivity contribution in [2.75, 3.05) is 18.5 Å². The van der Waals surface area contributed by atoms with Crippen molar-refractivity contribution in [3.8, 4) is 0 Å². The third kappa shape index (κ3) is 4.08. The predicted molar refractivity (Wildman–Crippen MR) is 128 cm³/mol. The van der Waals surface area contributed by atoms with E-state index in [0.717, 1.165) is 28.9 Å². The highest BCUT2D eigenvalue weighted by atomic mass is 35.5. The van der Waals surface area contributed by atoms with Gasteiger partial charge in [-0.1, -0.05) is 43.5 Å². The number of aliphatic imine (C=N–C) groups is 1. The molecule has 1 atom stereocenters. The van der Waals surface area contributed by atoms with Crippen LogP contribution in [-0.4, -0.2) is 25.2 Å². The summed E-state index contributed by atoms with van der Waals surface area (Å²) in [7, 11) is 1.71. The third-order valence-electron chi connectivity index (χ3n) is 6.34. The molecule has 0 fully saturated rings. The summed E-state index contributed by atoms with van der Waals surface area (Å²) in [6.07, 6.45) is 2.01. The number of ketones is 1. The van der Waals surface area contributed by atoms with Gasteiger partial charge in [0.15, 0.2) is 0 Å². The van der Waals surface area contributed by atoms with Gasteiger partial charge >= 0.3 is 0 Å². The number of amidine groups is 1. The molecular formula is C24H29Cl2N3O. The standard InChI is InChI=1S/C24H29Cl2N3O/c1-5-16(12-15(2)30)24(3)19-13-17(25)6-8-21(19)29(11-10-23(27)28-4)22-9-7-18(26)14-20(22)24/h6-9,13-14,16H,5,10-12H2,1-4H3,(H2,27,28). The van der Waals surface area contributed by atoms with Crippen LogP contribution in [0.1, 0.15) is 51.2 Å². The van der Waals surface area contributed by atoms with E-state index in [0.29, 0.717) is 35.3 Å². The van der Waals surface area contributed by atoms with E-state index in [1.54, 1.807) is 14.0 Å². The third-order valence-corrected chi connectivity index (χ3v) is 6.81. The van der Waals surface area contributed by atoms with Crippen LogP contribution in [0, 0.1) is 5.92 Å². The lowest BCUT2D eigenvalue weighted by Crippen LogP contribution is -2.41. The number of nitrogens with two attached hydrogens (primary N) is 1. The number of fused-ring (bicyclic) bond motifs is 2. The van der Waals surface area contributed by atoms with Crippen molar-refractivity contribution >= 4 is 46.2 Å². The van der Waals surface area contributed by atoms with Crippen molar-refractivity contribution < 1.29 is 4.79 Å². The van der Waals surface area contributed by atoms with Gasteiger partial charge in [-0.25, -0.2) is 0 Å². The summed E-state index contributed by atoms with van der Waals surface area (Å²) in [6.45, 7) is 6.70. The largest absolute Gasteiger partial charge is 0.387 e. The number of benzene rings is 2. The molecule has 1 heterocycles. The average Bonchev–Trinajstić information content (AvgIpc) is 2.72. The number of rotatable bonds is 7. The second kappa shape index (κ2) is 8.99. The van der Waals surface area contributed by atoms with Gasteiger partial charge in [0.05, 0.1) is 5.84 Å². The molecular weight excluding hydrogens is 417 g/mol. The van der Waals surface area contributed by atoms with Crippen molar-refractivity contribution in [2.45, 2.75) is 45.4 Å². The molecule has 0 aromatic heterocycles. The fourth-order valence-corrected chi connectivity index (χ4v) is 5.06. The zero-order valence-electron chi connectivity index (χ0n) is 18.0. The van der Waals surface area contributed by atoms with E-state index in [-0.39, 0.29) is 11.7 Å². The molecule has 0 aliphatic carbocycles. The zero-order valence-corrected chi connectivity index (χ0v) is 19.5. The van der Waals surface area contributed by atoms with Crippen molar-refractivity contribution in [3.05, 3.63) is 57.6 Å². The van der Waals surface area contributed by atoms with Crippen LogP contribution in [0.5, 0.6) is 0 Å². The number of carbonyl (C=O) groups is 1. The Labute approximate surface area is 189 Å². The number of anilines is 2. The zero-order chi connectivity index (χ0) is 22.1. The number of nitrogens with zero attached hydrogens (tertiary/aromatic N) is 2. The van der Waals surface area contributed by atoms with Gasteiger partial charge in [-0.05, 0) is 60.4 Å². The molecule has 0 saturated carbocycles. The molecule has 0 amide bonds. The summed E-state index contributed by atoms with van der Waals surface area (Å²) in [5.41, 5.74) is 10.0. The SMILES string of the molecule is CCC(CC(C)=O)C1(C)c2cc(Cl)ccc2N(CCC(N)=NC)c2ccc(Cl)cc21. The monoisotopic (exact) mass is 445 g/mol. The predicted octanol–water partition coefficient (Wildman–Crippen LogP) is 6.13. The fourth-order valence-electron chi connectivity index (χ4n) is 4.72. The first-order valence-electron chi connectivity index (χ1n) is 10.3. The highest BCUT2D eigenvalue weighted by Crippen LogP contribution is 2.55. The molecule has 6 heteroatoms. The summed E-state index contributed by atoms with van der Waals surface area (Å²) in [5, 5.41) is 1.36. The Morgan fingerprint density at radius 3 is 2.10 bits per heavy atom. The average molecular weight is 446 g/mol. The molecule has 1 aliphatic rings. The molecule has 3 rings (SSSR count). The first kappa shape index (κ1) is 22.6. The Kier molecular flexibility index (Phi) is 6.78. The lowest BCUT2D eigenvalue weighted by Gasteiger charge is -2.47. The Hall–Kier alpha value is -2.04. The number of hydrogen-bond acceptors (Lipinski definition) is 3. The van der Waals surface area contributed by atoms with Gasteiger partial charge in [0.25, 0.3) is 0 Å². The summed E-state index contributed by atoms with van der Waals surface area (Å²) >= 11 is 12.9. The molecule has 0 bridgehead atoms. The number of carbonyl (C=O) groups excluding carboxylic acids is 1. The molecule has 0 spiro atoms. The fraction of sp³-hybridized carbons (Fsp3) is 0.417. The topological polar surface area (TPSA) is 58.7 Å². The molecule has 1 unspecified atom stereocenters. The molecule has 160 valence electrons. The summed E-state index contributed by atoms with van der Waals surface area (Å²) < 4.78 is 0. The van der Waals surface area contributed by atoms with E-state index < -0.39 is 5.41 Å². The molecule has 4 nitrogen and oxygen atoms in total. The maximum Gasteiger partial charge on any atom is 0.130 e. The summed E-state index contributed by atoms with van der Waals surface area (Å²) in [5.74, 6) is 0.913. The minimum absolute atomic E-state index is 0.119. The van der Waals surface area contributed by atoms with Gasteiger partial charge in [0, 0.05) is 53.3 Å². The highest BCUT2D eigenvalue weighted by Gasteiger charge is 2.45. The minimum atomic E-state index is -0.401. The van der Waals surface area contributed by atoms with Crippen LogP contribution in [0.4, 0.5) is 11.4 Å². The van der Waals surface area contributed by atoms with Crippen LogP contribution in [0.2, 0.25) is 10.0 Å². The molecule has 0 saturated heterocycles. The summed E-state index contributed by atoms with van der Waals surface area (Å²) in [6, 6.07) is 12.0. The minimum Gasteiger partial charge on any atom is -0.387 e. The second-order valence-corrected chi connectivity index (χ2v) is 9.03. The van der Waals surface area contributed by atoms with E-state index in [1.807, 2.05) is 24.3 Å². The van der Waals surface area contributed by atoms with E-state index in [9.17, 15) is 4.79 Å². The molecule has 2 aromatic carbocycles. The van der Waals surface area contributed by atoms with Crippen LogP contribution in [0.3, 0.4) is 0 Å². The maximum atomic E-state index is 12.1. The quantitative estimate of drug-likeness (QED) is 0.411. The molecule has 30 heavy (non-hydrogen) atoms. The van der Waals surface area contributed by atoms with E-state index in [1.165, 1.54) is 0 Å². The van der Waals surface area contributed by atoms with Gasteiger partial charge in [-0.2, -0.15) is 0 Å². The van der Waals surface area contributed by atoms with Crippen LogP contribution in [0.15, 0.2) is 41.4 Å². The first-order chi connectivity index (χ1) is 14.2. The van der Waals surface area contributed by atoms with Gasteiger partial charge < -0.3 is 15.4 Å². The Balaban J connectivity index is 2.27. The lowest BCUT2D eigenvalue weighted by atomic mass is 9.62. The van der Waals surface area contributed by atoms with Gasteiger partial charge in [-0.3, -0.25) is 4.99 Å². The number of Topliss-reactive ketones (excluding diaryl/α,β-unsaturated/α-hetero) is 1. The van der Waals surface area contributed by atoms with E-state index in [2.05, 4.69) is 35.9 Å². The van der Waals surface area contributed by atoms with Crippen molar-refractivity contribution in [3.63, 3.8) is 0 Å². The Morgan fingerprint density at radius 2 is 1.67 bits per heavy atom. The van der Waals surface area contributed by atoms with Gasteiger partial charge in [-0.15, -0.1) is 0 Å². The molecule has 2 aromatic rings. The van der Waals surface area contributed by atoms with Crippen LogP contribution < -0.4 is 10.6 Å². The Bertz CT molecular complexity index is 933. The highest BCUT2D eigenvalue weighted by molar-refractivity contribution is 6.31. The van der Waals surface area contributed by atoms with Crippen LogP contribution >= 0.6 is 23.2 Å².